The molecule has 0 fully saturated rings. The summed E-state index contributed by atoms with van der Waals surface area (Å²) in [6.07, 6.45) is 3.35. The highest BCUT2D eigenvalue weighted by molar-refractivity contribution is 8.00. The molecule has 0 aliphatic carbocycles. The number of nitrogens with one attached hydrogen (secondary N) is 1. The van der Waals surface area contributed by atoms with Crippen LogP contribution in [0.5, 0.6) is 0 Å². The second-order valence-corrected chi connectivity index (χ2v) is 8.76. The van der Waals surface area contributed by atoms with Gasteiger partial charge in [0.1, 0.15) is 5.82 Å². The topological polar surface area (TPSA) is 76.9 Å². The highest BCUT2D eigenvalue weighted by Gasteiger charge is 2.20. The Bertz CT molecular complexity index is 1350. The molecule has 0 aliphatic heterocycles. The van der Waals surface area contributed by atoms with Crippen LogP contribution in [0.15, 0.2) is 76.9 Å². The van der Waals surface area contributed by atoms with Gasteiger partial charge in [-0.25, -0.2) is 9.37 Å². The number of carbonyl (C=O) groups excluding carboxylic acids is 1. The first-order chi connectivity index (χ1) is 15.4. The number of pyridine rings is 1. The third-order valence-electron chi connectivity index (χ3n) is 4.73. The molecule has 1 amide bonds. The summed E-state index contributed by atoms with van der Waals surface area (Å²) in [5.74, 6) is -0.889. The van der Waals surface area contributed by atoms with Crippen LogP contribution in [0, 0.1) is 5.82 Å². The van der Waals surface area contributed by atoms with Gasteiger partial charge in [0.05, 0.1) is 27.7 Å². The van der Waals surface area contributed by atoms with Crippen molar-refractivity contribution in [3.05, 3.63) is 93.7 Å². The van der Waals surface area contributed by atoms with E-state index in [4.69, 9.17) is 11.6 Å². The number of hydrogen-bond donors (Lipinski definition) is 1. The fraction of sp³-hybridized carbons (Fsp3) is 0.130. The lowest BCUT2D eigenvalue weighted by Crippen LogP contribution is -2.27. The minimum atomic E-state index is -0.591. The van der Waals surface area contributed by atoms with E-state index in [1.54, 1.807) is 48.1 Å². The molecule has 0 aliphatic rings. The number of aromatic nitrogens is 3. The van der Waals surface area contributed by atoms with Crippen LogP contribution in [0.2, 0.25) is 5.02 Å². The van der Waals surface area contributed by atoms with E-state index in [1.807, 2.05) is 12.1 Å². The summed E-state index contributed by atoms with van der Waals surface area (Å²) < 4.78 is 14.9. The number of fused-ring (bicyclic) bond motifs is 1. The van der Waals surface area contributed by atoms with Crippen LogP contribution in [0.25, 0.3) is 10.9 Å². The minimum Gasteiger partial charge on any atom is -0.325 e. The summed E-state index contributed by atoms with van der Waals surface area (Å²) in [4.78, 5) is 34.7. The number of nitrogens with zero attached hydrogens (tertiary/aromatic N) is 3. The van der Waals surface area contributed by atoms with Gasteiger partial charge in [0.15, 0.2) is 5.16 Å². The van der Waals surface area contributed by atoms with Crippen LogP contribution in [-0.2, 0) is 11.3 Å². The van der Waals surface area contributed by atoms with E-state index in [1.165, 1.54) is 30.0 Å². The molecule has 162 valence electrons. The van der Waals surface area contributed by atoms with Gasteiger partial charge in [-0.3, -0.25) is 19.1 Å². The van der Waals surface area contributed by atoms with Crippen LogP contribution < -0.4 is 10.9 Å². The Morgan fingerprint density at radius 2 is 2.03 bits per heavy atom. The van der Waals surface area contributed by atoms with Crippen LogP contribution in [0.1, 0.15) is 12.5 Å². The van der Waals surface area contributed by atoms with Gasteiger partial charge in [-0.15, -0.1) is 0 Å². The predicted octanol–water partition coefficient (Wildman–Crippen LogP) is 4.75. The maximum Gasteiger partial charge on any atom is 0.262 e. The number of para-hydroxylation sites is 1. The van der Waals surface area contributed by atoms with Crippen molar-refractivity contribution in [1.29, 1.82) is 0 Å². The van der Waals surface area contributed by atoms with Crippen molar-refractivity contribution in [2.24, 2.45) is 0 Å². The molecule has 1 atom stereocenters. The second kappa shape index (κ2) is 9.50. The number of carbonyl (C=O) groups is 1. The van der Waals surface area contributed by atoms with E-state index < -0.39 is 11.1 Å². The van der Waals surface area contributed by atoms with Gasteiger partial charge in [-0.1, -0.05) is 41.6 Å². The van der Waals surface area contributed by atoms with E-state index in [0.717, 1.165) is 5.56 Å². The Hall–Kier alpha value is -3.23. The van der Waals surface area contributed by atoms with Crippen molar-refractivity contribution in [2.45, 2.75) is 23.9 Å². The molecule has 6 nitrogen and oxygen atoms in total. The lowest BCUT2D eigenvalue weighted by molar-refractivity contribution is -0.115. The number of anilines is 1. The van der Waals surface area contributed by atoms with Gasteiger partial charge in [0, 0.05) is 18.1 Å². The third kappa shape index (κ3) is 4.81. The maximum absolute atomic E-state index is 13.4. The monoisotopic (exact) mass is 468 g/mol. The molecule has 4 aromatic rings. The summed E-state index contributed by atoms with van der Waals surface area (Å²) in [6, 6.07) is 14.7. The van der Waals surface area contributed by atoms with Gasteiger partial charge >= 0.3 is 0 Å². The van der Waals surface area contributed by atoms with Crippen molar-refractivity contribution in [3.63, 3.8) is 0 Å². The molecule has 2 aromatic heterocycles. The van der Waals surface area contributed by atoms with Crippen LogP contribution >= 0.6 is 23.4 Å². The standard InChI is InChI=1S/C23H18ClFN4O2S/c1-14(21(30)27-16-8-9-19(25)18(24)11-16)32-23-28-20-7-3-2-6-17(20)22(31)29(23)13-15-5-4-10-26-12-15/h2-12,14H,13H2,1H3,(H,27,30). The molecule has 9 heteroatoms. The maximum atomic E-state index is 13.4. The lowest BCUT2D eigenvalue weighted by Gasteiger charge is -2.16. The largest absolute Gasteiger partial charge is 0.325 e. The Balaban J connectivity index is 1.64. The highest BCUT2D eigenvalue weighted by atomic mass is 35.5. The molecule has 0 radical (unpaired) electrons. The number of thioether (sulfide) groups is 1. The zero-order chi connectivity index (χ0) is 22.7. The molecule has 32 heavy (non-hydrogen) atoms. The Morgan fingerprint density at radius 3 is 2.78 bits per heavy atom. The van der Waals surface area contributed by atoms with Gasteiger partial charge < -0.3 is 5.32 Å². The van der Waals surface area contributed by atoms with E-state index >= 15 is 0 Å². The van der Waals surface area contributed by atoms with Crippen molar-refractivity contribution >= 4 is 45.9 Å². The normalized spacial score (nSPS) is 12.0. The molecular formula is C23H18ClFN4O2S. The molecule has 4 rings (SSSR count). The van der Waals surface area contributed by atoms with Crippen molar-refractivity contribution < 1.29 is 9.18 Å². The minimum absolute atomic E-state index is 0.0791. The van der Waals surface area contributed by atoms with Crippen LogP contribution in [0.4, 0.5) is 10.1 Å². The number of amides is 1. The first-order valence-electron chi connectivity index (χ1n) is 9.73. The first-order valence-corrected chi connectivity index (χ1v) is 11.0. The Morgan fingerprint density at radius 1 is 1.22 bits per heavy atom. The summed E-state index contributed by atoms with van der Waals surface area (Å²) in [6.45, 7) is 1.98. The van der Waals surface area contributed by atoms with Crippen LogP contribution in [-0.4, -0.2) is 25.7 Å². The summed E-state index contributed by atoms with van der Waals surface area (Å²) in [5.41, 5.74) is 1.58. The number of rotatable bonds is 6. The average Bonchev–Trinajstić information content (AvgIpc) is 2.79. The van der Waals surface area contributed by atoms with Crippen LogP contribution in [0.3, 0.4) is 0 Å². The zero-order valence-corrected chi connectivity index (χ0v) is 18.5. The predicted molar refractivity (Wildman–Crippen MR) is 125 cm³/mol. The molecule has 1 unspecified atom stereocenters. The Kier molecular flexibility index (Phi) is 6.53. The van der Waals surface area contributed by atoms with Gasteiger partial charge in [-0.2, -0.15) is 0 Å². The Labute approximate surface area is 192 Å². The number of halogens is 2. The quantitative estimate of drug-likeness (QED) is 0.326. The fourth-order valence-electron chi connectivity index (χ4n) is 3.08. The first kappa shape index (κ1) is 22.0. The highest BCUT2D eigenvalue weighted by Crippen LogP contribution is 2.25. The molecule has 0 saturated heterocycles. The van der Waals surface area contributed by atoms with Gasteiger partial charge in [0.25, 0.3) is 5.56 Å². The fourth-order valence-corrected chi connectivity index (χ4v) is 4.17. The van der Waals surface area contributed by atoms with Crippen molar-refractivity contribution in [1.82, 2.24) is 14.5 Å². The molecule has 0 saturated carbocycles. The van der Waals surface area contributed by atoms with E-state index in [-0.39, 0.29) is 23.0 Å². The smallest absolute Gasteiger partial charge is 0.262 e. The van der Waals surface area contributed by atoms with Gasteiger partial charge in [0.2, 0.25) is 5.91 Å². The number of hydrogen-bond acceptors (Lipinski definition) is 5. The lowest BCUT2D eigenvalue weighted by atomic mass is 10.2. The third-order valence-corrected chi connectivity index (χ3v) is 6.11. The van der Waals surface area contributed by atoms with E-state index in [2.05, 4.69) is 15.3 Å². The molecular weight excluding hydrogens is 451 g/mol. The SMILES string of the molecule is CC(Sc1nc2ccccc2c(=O)n1Cc1cccnc1)C(=O)Nc1ccc(F)c(Cl)c1. The van der Waals surface area contributed by atoms with E-state index in [0.29, 0.717) is 21.7 Å². The average molecular weight is 469 g/mol. The molecule has 0 bridgehead atoms. The number of benzene rings is 2. The summed E-state index contributed by atoms with van der Waals surface area (Å²) in [5, 5.41) is 2.96. The summed E-state index contributed by atoms with van der Waals surface area (Å²) >= 11 is 6.96. The molecule has 2 heterocycles. The molecule has 2 aromatic carbocycles. The summed E-state index contributed by atoms with van der Waals surface area (Å²) in [7, 11) is 0. The van der Waals surface area contributed by atoms with Crippen molar-refractivity contribution in [2.75, 3.05) is 5.32 Å². The molecule has 0 spiro atoms. The van der Waals surface area contributed by atoms with E-state index in [9.17, 15) is 14.0 Å². The zero-order valence-electron chi connectivity index (χ0n) is 17.0. The van der Waals surface area contributed by atoms with Crippen molar-refractivity contribution in [3.8, 4) is 0 Å². The van der Waals surface area contributed by atoms with Gasteiger partial charge in [-0.05, 0) is 48.9 Å². The molecule has 1 N–H and O–H groups in total. The second-order valence-electron chi connectivity index (χ2n) is 7.04.